The zero-order valence-corrected chi connectivity index (χ0v) is 15.8. The fourth-order valence-electron chi connectivity index (χ4n) is 2.99. The van der Waals surface area contributed by atoms with Crippen LogP contribution in [0.4, 0.5) is 0 Å². The average molecular weight is 381 g/mol. The number of aromatic nitrogens is 2. The van der Waals surface area contributed by atoms with Crippen molar-refractivity contribution in [1.82, 2.24) is 15.5 Å². The van der Waals surface area contributed by atoms with Gasteiger partial charge in [-0.3, -0.25) is 9.89 Å². The second kappa shape index (κ2) is 9.05. The molecular formula is C21H23N3O4. The van der Waals surface area contributed by atoms with E-state index in [2.05, 4.69) is 15.5 Å². The van der Waals surface area contributed by atoms with Gasteiger partial charge >= 0.3 is 0 Å². The van der Waals surface area contributed by atoms with Gasteiger partial charge in [0.15, 0.2) is 0 Å². The number of hydrogen-bond donors (Lipinski definition) is 3. The number of ether oxygens (including phenoxy) is 2. The van der Waals surface area contributed by atoms with Gasteiger partial charge in [-0.05, 0) is 24.1 Å². The Morgan fingerprint density at radius 2 is 1.96 bits per heavy atom. The molecule has 0 saturated carbocycles. The molecule has 0 aliphatic rings. The van der Waals surface area contributed by atoms with E-state index in [0.717, 1.165) is 5.56 Å². The minimum Gasteiger partial charge on any atom is -0.497 e. The lowest BCUT2D eigenvalue weighted by atomic mass is 10.0. The number of benzene rings is 2. The van der Waals surface area contributed by atoms with Gasteiger partial charge in [0.1, 0.15) is 11.5 Å². The van der Waals surface area contributed by atoms with Crippen LogP contribution in [0.15, 0.2) is 54.7 Å². The van der Waals surface area contributed by atoms with E-state index in [1.807, 2.05) is 30.3 Å². The molecule has 1 atom stereocenters. The maximum Gasteiger partial charge on any atom is 0.255 e. The van der Waals surface area contributed by atoms with Crippen molar-refractivity contribution in [2.45, 2.75) is 12.5 Å². The Labute approximate surface area is 163 Å². The molecule has 0 saturated heterocycles. The standard InChI is InChI=1S/C21H23N3O4/c1-27-16-8-9-17(19(11-16)28-2)20-18(12-22-24-20)21(26)23-15(13-25)10-14-6-4-3-5-7-14/h3-9,11-12,15,25H,10,13H2,1-2H3,(H,22,24)(H,23,26). The van der Waals surface area contributed by atoms with Crippen molar-refractivity contribution < 1.29 is 19.4 Å². The number of carbonyl (C=O) groups is 1. The summed E-state index contributed by atoms with van der Waals surface area (Å²) in [5.74, 6) is 0.881. The highest BCUT2D eigenvalue weighted by atomic mass is 16.5. The summed E-state index contributed by atoms with van der Waals surface area (Å²) in [7, 11) is 3.13. The molecule has 1 aromatic heterocycles. The van der Waals surface area contributed by atoms with E-state index in [1.54, 1.807) is 32.4 Å². The maximum absolute atomic E-state index is 12.8. The lowest BCUT2D eigenvalue weighted by molar-refractivity contribution is 0.0917. The number of nitrogens with one attached hydrogen (secondary N) is 2. The van der Waals surface area contributed by atoms with E-state index in [9.17, 15) is 9.90 Å². The predicted octanol–water partition coefficient (Wildman–Crippen LogP) is 2.43. The molecule has 0 radical (unpaired) electrons. The number of nitrogens with zero attached hydrogens (tertiary/aromatic N) is 1. The van der Waals surface area contributed by atoms with Crippen LogP contribution >= 0.6 is 0 Å². The van der Waals surface area contributed by atoms with Gasteiger partial charge in [0, 0.05) is 11.6 Å². The number of aromatic amines is 1. The van der Waals surface area contributed by atoms with Crippen molar-refractivity contribution in [2.24, 2.45) is 0 Å². The number of H-pyrrole nitrogens is 1. The van der Waals surface area contributed by atoms with Crippen LogP contribution in [-0.4, -0.2) is 48.1 Å². The number of aliphatic hydroxyl groups excluding tert-OH is 1. The summed E-state index contributed by atoms with van der Waals surface area (Å²) in [6.45, 7) is -0.167. The van der Waals surface area contributed by atoms with Crippen molar-refractivity contribution in [2.75, 3.05) is 20.8 Å². The third kappa shape index (κ3) is 4.32. The van der Waals surface area contributed by atoms with E-state index in [-0.39, 0.29) is 12.5 Å². The summed E-state index contributed by atoms with van der Waals surface area (Å²) < 4.78 is 10.6. The third-order valence-electron chi connectivity index (χ3n) is 4.44. The minimum atomic E-state index is -0.407. The molecule has 0 spiro atoms. The van der Waals surface area contributed by atoms with E-state index < -0.39 is 6.04 Å². The highest BCUT2D eigenvalue weighted by Crippen LogP contribution is 2.33. The van der Waals surface area contributed by atoms with Gasteiger partial charge < -0.3 is 19.9 Å². The van der Waals surface area contributed by atoms with Gasteiger partial charge in [0.2, 0.25) is 0 Å². The summed E-state index contributed by atoms with van der Waals surface area (Å²) >= 11 is 0. The highest BCUT2D eigenvalue weighted by Gasteiger charge is 2.21. The molecule has 1 heterocycles. The van der Waals surface area contributed by atoms with Crippen LogP contribution in [-0.2, 0) is 6.42 Å². The van der Waals surface area contributed by atoms with Crippen LogP contribution in [0.2, 0.25) is 0 Å². The topological polar surface area (TPSA) is 96.5 Å². The number of rotatable bonds is 8. The molecule has 146 valence electrons. The summed E-state index contributed by atoms with van der Waals surface area (Å²) in [6, 6.07) is 14.6. The van der Waals surface area contributed by atoms with Crippen molar-refractivity contribution in [3.05, 3.63) is 65.9 Å². The largest absolute Gasteiger partial charge is 0.497 e. The Morgan fingerprint density at radius 3 is 2.64 bits per heavy atom. The van der Waals surface area contributed by atoms with Crippen LogP contribution in [0.1, 0.15) is 15.9 Å². The number of hydrogen-bond acceptors (Lipinski definition) is 5. The van der Waals surface area contributed by atoms with Crippen molar-refractivity contribution in [3.63, 3.8) is 0 Å². The summed E-state index contributed by atoms with van der Waals surface area (Å²) in [5.41, 5.74) is 2.63. The first-order chi connectivity index (χ1) is 13.7. The molecule has 0 aliphatic heterocycles. The Kier molecular flexibility index (Phi) is 6.29. The predicted molar refractivity (Wildman–Crippen MR) is 106 cm³/mol. The van der Waals surface area contributed by atoms with Crippen LogP contribution in [0.3, 0.4) is 0 Å². The first kappa shape index (κ1) is 19.4. The van der Waals surface area contributed by atoms with Crippen LogP contribution in [0.5, 0.6) is 11.5 Å². The average Bonchev–Trinajstić information content (AvgIpc) is 3.23. The van der Waals surface area contributed by atoms with Gasteiger partial charge in [-0.2, -0.15) is 5.10 Å². The third-order valence-corrected chi connectivity index (χ3v) is 4.44. The lowest BCUT2D eigenvalue weighted by Crippen LogP contribution is -2.39. The highest BCUT2D eigenvalue weighted by molar-refractivity contribution is 6.00. The Bertz CT molecular complexity index is 924. The van der Waals surface area contributed by atoms with Crippen molar-refractivity contribution >= 4 is 5.91 Å². The first-order valence-corrected chi connectivity index (χ1v) is 8.87. The van der Waals surface area contributed by atoms with Gasteiger partial charge in [-0.25, -0.2) is 0 Å². The van der Waals surface area contributed by atoms with E-state index in [0.29, 0.717) is 34.7 Å². The van der Waals surface area contributed by atoms with Crippen LogP contribution in [0, 0.1) is 0 Å². The molecule has 7 nitrogen and oxygen atoms in total. The molecule has 1 amide bonds. The number of aliphatic hydroxyl groups is 1. The molecule has 3 aromatic rings. The zero-order chi connectivity index (χ0) is 19.9. The molecule has 1 unspecified atom stereocenters. The minimum absolute atomic E-state index is 0.167. The van der Waals surface area contributed by atoms with Crippen molar-refractivity contribution in [3.8, 4) is 22.8 Å². The normalized spacial score (nSPS) is 11.7. The Hall–Kier alpha value is -3.32. The van der Waals surface area contributed by atoms with E-state index in [4.69, 9.17) is 9.47 Å². The van der Waals surface area contributed by atoms with Gasteiger partial charge in [0.05, 0.1) is 44.3 Å². The first-order valence-electron chi connectivity index (χ1n) is 8.87. The fraction of sp³-hybridized carbons (Fsp3) is 0.238. The summed E-state index contributed by atoms with van der Waals surface area (Å²) in [4.78, 5) is 12.8. The molecule has 0 bridgehead atoms. The molecule has 28 heavy (non-hydrogen) atoms. The maximum atomic E-state index is 12.8. The smallest absolute Gasteiger partial charge is 0.255 e. The van der Waals surface area contributed by atoms with Gasteiger partial charge in [-0.1, -0.05) is 30.3 Å². The molecule has 7 heteroatoms. The Morgan fingerprint density at radius 1 is 1.18 bits per heavy atom. The van der Waals surface area contributed by atoms with Gasteiger partial charge in [0.25, 0.3) is 5.91 Å². The number of amides is 1. The second-order valence-corrected chi connectivity index (χ2v) is 6.27. The van der Waals surface area contributed by atoms with E-state index in [1.165, 1.54) is 6.20 Å². The van der Waals surface area contributed by atoms with Crippen LogP contribution in [0.25, 0.3) is 11.3 Å². The summed E-state index contributed by atoms with van der Waals surface area (Å²) in [5, 5.41) is 19.4. The Balaban J connectivity index is 1.82. The van der Waals surface area contributed by atoms with E-state index >= 15 is 0 Å². The molecule has 3 rings (SSSR count). The molecular weight excluding hydrogens is 358 g/mol. The van der Waals surface area contributed by atoms with Crippen molar-refractivity contribution in [1.29, 1.82) is 0 Å². The van der Waals surface area contributed by atoms with Gasteiger partial charge in [-0.15, -0.1) is 0 Å². The molecule has 0 aliphatic carbocycles. The monoisotopic (exact) mass is 381 g/mol. The van der Waals surface area contributed by atoms with Crippen LogP contribution < -0.4 is 14.8 Å². The fourth-order valence-corrected chi connectivity index (χ4v) is 2.99. The molecule has 2 aromatic carbocycles. The second-order valence-electron chi connectivity index (χ2n) is 6.27. The zero-order valence-electron chi connectivity index (χ0n) is 15.8. The lowest BCUT2D eigenvalue weighted by Gasteiger charge is -2.17. The number of methoxy groups -OCH3 is 2. The summed E-state index contributed by atoms with van der Waals surface area (Å²) in [6.07, 6.45) is 1.99. The molecule has 3 N–H and O–H groups in total. The quantitative estimate of drug-likeness (QED) is 0.557. The molecule has 0 fully saturated rings. The number of carbonyl (C=O) groups excluding carboxylic acids is 1. The SMILES string of the molecule is COc1ccc(-c2[nH]ncc2C(=O)NC(CO)Cc2ccccc2)c(OC)c1.